The number of aromatic nitrogens is 3. The van der Waals surface area contributed by atoms with Crippen LogP contribution >= 0.6 is 11.8 Å². The van der Waals surface area contributed by atoms with Crippen LogP contribution in [0.1, 0.15) is 10.4 Å². The summed E-state index contributed by atoms with van der Waals surface area (Å²) in [7, 11) is 1.64. The van der Waals surface area contributed by atoms with E-state index in [0.717, 1.165) is 23.9 Å². The van der Waals surface area contributed by atoms with Crippen LogP contribution < -0.4 is 0 Å². The van der Waals surface area contributed by atoms with Crippen molar-refractivity contribution in [3.05, 3.63) is 47.7 Å². The number of rotatable bonds is 5. The molecule has 0 amide bonds. The summed E-state index contributed by atoms with van der Waals surface area (Å²) in [4.78, 5) is 11.0. The molecule has 0 spiro atoms. The van der Waals surface area contributed by atoms with E-state index in [1.54, 1.807) is 19.2 Å². The van der Waals surface area contributed by atoms with E-state index >= 15 is 0 Å². The highest BCUT2D eigenvalue weighted by atomic mass is 32.2. The molecule has 0 saturated heterocycles. The van der Waals surface area contributed by atoms with Gasteiger partial charge in [-0.2, -0.15) is 0 Å². The topological polar surface area (TPSA) is 81.2 Å². The van der Waals surface area contributed by atoms with E-state index in [-0.39, 0.29) is 15.6 Å². The second-order valence-electron chi connectivity index (χ2n) is 4.79. The molecule has 2 heterocycles. The number of carbonyl (C=O) groups is 1. The average molecular weight is 351 g/mol. The van der Waals surface area contributed by atoms with Gasteiger partial charge in [0.15, 0.2) is 22.5 Å². The molecular formula is C15H11F2N3O3S. The minimum absolute atomic E-state index is 0.230. The van der Waals surface area contributed by atoms with E-state index in [0.29, 0.717) is 11.6 Å². The van der Waals surface area contributed by atoms with E-state index in [9.17, 15) is 13.6 Å². The Kier molecular flexibility index (Phi) is 4.45. The standard InChI is InChI=1S/C15H11F2N3O3S/c1-20-14(12-3-2-4-23-12)18-19-15(20)24-13-9(16)5-8(6-10(13)17)11(22)7-21/h2-6,21H,7H2,1H3. The highest BCUT2D eigenvalue weighted by Gasteiger charge is 2.20. The minimum Gasteiger partial charge on any atom is -0.461 e. The van der Waals surface area contributed by atoms with Crippen molar-refractivity contribution in [2.75, 3.05) is 6.61 Å². The molecule has 0 fully saturated rings. The molecule has 3 aromatic rings. The zero-order chi connectivity index (χ0) is 17.3. The van der Waals surface area contributed by atoms with Crippen LogP contribution in [0.3, 0.4) is 0 Å². The molecule has 1 N–H and O–H groups in total. The summed E-state index contributed by atoms with van der Waals surface area (Å²) in [5, 5.41) is 16.9. The van der Waals surface area contributed by atoms with Gasteiger partial charge in [-0.05, 0) is 36.0 Å². The van der Waals surface area contributed by atoms with E-state index in [2.05, 4.69) is 10.2 Å². The Balaban J connectivity index is 1.94. The van der Waals surface area contributed by atoms with Crippen LogP contribution in [0, 0.1) is 11.6 Å². The van der Waals surface area contributed by atoms with Gasteiger partial charge in [-0.1, -0.05) is 0 Å². The highest BCUT2D eigenvalue weighted by molar-refractivity contribution is 7.99. The first-order valence-corrected chi connectivity index (χ1v) is 7.57. The number of hydrogen-bond acceptors (Lipinski definition) is 6. The maximum absolute atomic E-state index is 14.1. The third-order valence-corrected chi connectivity index (χ3v) is 4.37. The van der Waals surface area contributed by atoms with Crippen LogP contribution in [0.2, 0.25) is 0 Å². The normalized spacial score (nSPS) is 11.0. The van der Waals surface area contributed by atoms with Crippen molar-refractivity contribution in [2.24, 2.45) is 7.05 Å². The zero-order valence-electron chi connectivity index (χ0n) is 12.4. The lowest BCUT2D eigenvalue weighted by Crippen LogP contribution is -2.06. The average Bonchev–Trinajstić information content (AvgIpc) is 3.20. The fourth-order valence-corrected chi connectivity index (χ4v) is 2.83. The fraction of sp³-hybridized carbons (Fsp3) is 0.133. The Morgan fingerprint density at radius 1 is 1.33 bits per heavy atom. The number of ketones is 1. The summed E-state index contributed by atoms with van der Waals surface area (Å²) in [6, 6.07) is 5.14. The van der Waals surface area contributed by atoms with E-state index < -0.39 is 24.0 Å². The Morgan fingerprint density at radius 3 is 2.62 bits per heavy atom. The molecule has 124 valence electrons. The lowest BCUT2D eigenvalue weighted by Gasteiger charge is -2.07. The van der Waals surface area contributed by atoms with Gasteiger partial charge in [-0.15, -0.1) is 10.2 Å². The molecule has 0 bridgehead atoms. The first kappa shape index (κ1) is 16.3. The summed E-state index contributed by atoms with van der Waals surface area (Å²) < 4.78 is 35.0. The smallest absolute Gasteiger partial charge is 0.200 e. The molecule has 0 saturated carbocycles. The van der Waals surface area contributed by atoms with Crippen molar-refractivity contribution < 1.29 is 23.1 Å². The molecule has 24 heavy (non-hydrogen) atoms. The zero-order valence-corrected chi connectivity index (χ0v) is 13.2. The first-order chi connectivity index (χ1) is 11.5. The quantitative estimate of drug-likeness (QED) is 0.712. The molecule has 9 heteroatoms. The van der Waals surface area contributed by atoms with Crippen LogP contribution in [0.4, 0.5) is 8.78 Å². The third kappa shape index (κ3) is 2.95. The number of Topliss-reactive ketones (excluding diaryl/α,β-unsaturated/α-hetero) is 1. The number of nitrogens with zero attached hydrogens (tertiary/aromatic N) is 3. The molecule has 0 atom stereocenters. The van der Waals surface area contributed by atoms with Gasteiger partial charge in [-0.3, -0.25) is 4.79 Å². The largest absolute Gasteiger partial charge is 0.461 e. The maximum Gasteiger partial charge on any atom is 0.200 e. The number of aliphatic hydroxyl groups is 1. The molecule has 1 aromatic carbocycles. The van der Waals surface area contributed by atoms with E-state index in [1.807, 2.05) is 0 Å². The molecule has 0 aliphatic rings. The highest BCUT2D eigenvalue weighted by Crippen LogP contribution is 2.33. The van der Waals surface area contributed by atoms with Crippen molar-refractivity contribution in [1.82, 2.24) is 14.8 Å². The third-order valence-electron chi connectivity index (χ3n) is 3.23. The van der Waals surface area contributed by atoms with Crippen molar-refractivity contribution in [2.45, 2.75) is 10.1 Å². The van der Waals surface area contributed by atoms with Gasteiger partial charge in [0.05, 0.1) is 11.2 Å². The van der Waals surface area contributed by atoms with Gasteiger partial charge in [0.2, 0.25) is 0 Å². The summed E-state index contributed by atoms with van der Waals surface area (Å²) >= 11 is 0.737. The molecule has 2 aromatic heterocycles. The van der Waals surface area contributed by atoms with E-state index in [4.69, 9.17) is 9.52 Å². The fourth-order valence-electron chi connectivity index (χ4n) is 2.03. The number of benzene rings is 1. The van der Waals surface area contributed by atoms with Gasteiger partial charge in [0.1, 0.15) is 18.2 Å². The minimum atomic E-state index is -0.917. The predicted molar refractivity (Wildman–Crippen MR) is 80.6 cm³/mol. The SMILES string of the molecule is Cn1c(Sc2c(F)cc(C(=O)CO)cc2F)nnc1-c1ccco1. The van der Waals surface area contributed by atoms with Crippen molar-refractivity contribution in [1.29, 1.82) is 0 Å². The lowest BCUT2D eigenvalue weighted by atomic mass is 10.1. The van der Waals surface area contributed by atoms with Gasteiger partial charge in [-0.25, -0.2) is 8.78 Å². The number of halogens is 2. The summed E-state index contributed by atoms with van der Waals surface area (Å²) in [5.74, 6) is -1.71. The second-order valence-corrected chi connectivity index (χ2v) is 5.77. The Bertz CT molecular complexity index is 871. The van der Waals surface area contributed by atoms with E-state index in [1.165, 1.54) is 10.8 Å². The Morgan fingerprint density at radius 2 is 2.04 bits per heavy atom. The van der Waals surface area contributed by atoms with Crippen LogP contribution in [0.15, 0.2) is 45.0 Å². The van der Waals surface area contributed by atoms with Crippen LogP contribution in [-0.2, 0) is 7.05 Å². The number of hydrogen-bond donors (Lipinski definition) is 1. The first-order valence-electron chi connectivity index (χ1n) is 6.75. The van der Waals surface area contributed by atoms with Gasteiger partial charge in [0, 0.05) is 12.6 Å². The molecular weight excluding hydrogens is 340 g/mol. The van der Waals surface area contributed by atoms with Crippen LogP contribution in [0.25, 0.3) is 11.6 Å². The number of aliphatic hydroxyl groups excluding tert-OH is 1. The van der Waals surface area contributed by atoms with Crippen LogP contribution in [-0.4, -0.2) is 32.3 Å². The molecule has 0 radical (unpaired) electrons. The summed E-state index contributed by atoms with van der Waals surface area (Å²) in [5.41, 5.74) is -0.230. The molecule has 3 rings (SSSR count). The van der Waals surface area contributed by atoms with Gasteiger partial charge >= 0.3 is 0 Å². The van der Waals surface area contributed by atoms with Crippen molar-refractivity contribution >= 4 is 17.5 Å². The number of furan rings is 1. The Hall–Kier alpha value is -2.52. The Labute approximate surface area is 139 Å². The lowest BCUT2D eigenvalue weighted by molar-refractivity contribution is 0.0902. The van der Waals surface area contributed by atoms with Gasteiger partial charge in [0.25, 0.3) is 0 Å². The second kappa shape index (κ2) is 6.54. The molecule has 0 unspecified atom stereocenters. The maximum atomic E-state index is 14.1. The molecule has 0 aliphatic heterocycles. The van der Waals surface area contributed by atoms with Crippen molar-refractivity contribution in [3.8, 4) is 11.6 Å². The van der Waals surface area contributed by atoms with Crippen LogP contribution in [0.5, 0.6) is 0 Å². The van der Waals surface area contributed by atoms with Crippen molar-refractivity contribution in [3.63, 3.8) is 0 Å². The summed E-state index contributed by atoms with van der Waals surface area (Å²) in [6.07, 6.45) is 1.48. The summed E-state index contributed by atoms with van der Waals surface area (Å²) in [6.45, 7) is -0.818. The number of carbonyl (C=O) groups excluding carboxylic acids is 1. The predicted octanol–water partition coefficient (Wildman–Crippen LogP) is 2.68. The van der Waals surface area contributed by atoms with Gasteiger partial charge < -0.3 is 14.1 Å². The molecule has 0 aliphatic carbocycles. The molecule has 6 nitrogen and oxygen atoms in total. The monoisotopic (exact) mass is 351 g/mol.